The number of rotatable bonds is 7. The fourth-order valence-electron chi connectivity index (χ4n) is 4.55. The number of carbonyl (C=O) groups excluding carboxylic acids is 2. The number of benzene rings is 3. The smallest absolute Gasteiger partial charge is 0.247 e. The van der Waals surface area contributed by atoms with E-state index in [4.69, 9.17) is 4.74 Å². The molecule has 1 fully saturated rings. The number of hydrogen-bond acceptors (Lipinski definition) is 5. The highest BCUT2D eigenvalue weighted by molar-refractivity contribution is 7.89. The lowest BCUT2D eigenvalue weighted by Gasteiger charge is -2.47. The van der Waals surface area contributed by atoms with Crippen LogP contribution in [0.1, 0.15) is 23.6 Å². The van der Waals surface area contributed by atoms with Gasteiger partial charge in [0.15, 0.2) is 0 Å². The minimum atomic E-state index is -4.07. The average molecular weight is 522 g/mol. The first-order chi connectivity index (χ1) is 17.6. The Morgan fingerprint density at radius 3 is 2.32 bits per heavy atom. The van der Waals surface area contributed by atoms with E-state index in [-0.39, 0.29) is 24.5 Å². The van der Waals surface area contributed by atoms with Crippen molar-refractivity contribution in [2.45, 2.75) is 37.8 Å². The van der Waals surface area contributed by atoms with Crippen molar-refractivity contribution >= 4 is 27.5 Å². The van der Waals surface area contributed by atoms with Crippen molar-refractivity contribution in [3.8, 4) is 5.75 Å². The Balaban J connectivity index is 1.73. The molecule has 0 saturated carbocycles. The van der Waals surface area contributed by atoms with Gasteiger partial charge >= 0.3 is 0 Å². The third-order valence-electron chi connectivity index (χ3n) is 6.84. The number of aryl methyl sites for hydroxylation is 1. The quantitative estimate of drug-likeness (QED) is 0.514. The van der Waals surface area contributed by atoms with Crippen molar-refractivity contribution < 1.29 is 22.7 Å². The molecule has 0 unspecified atom stereocenters. The summed E-state index contributed by atoms with van der Waals surface area (Å²) in [6, 6.07) is 20.9. The van der Waals surface area contributed by atoms with E-state index in [1.807, 2.05) is 56.3 Å². The van der Waals surface area contributed by atoms with Crippen molar-refractivity contribution in [2.75, 3.05) is 25.1 Å². The van der Waals surface area contributed by atoms with Gasteiger partial charge in [-0.05, 0) is 67.8 Å². The lowest BCUT2D eigenvalue weighted by Crippen LogP contribution is -2.70. The van der Waals surface area contributed by atoms with Gasteiger partial charge in [-0.15, -0.1) is 0 Å². The van der Waals surface area contributed by atoms with E-state index in [0.29, 0.717) is 11.4 Å². The SMILES string of the molecule is COc1ccc(S(=O)(=O)N2CC(=O)N(c3cccc(C)c3C)[C@@](C)(C(=O)NCc3ccccc3)C2)cc1. The molecule has 0 bridgehead atoms. The molecule has 1 aliphatic heterocycles. The van der Waals surface area contributed by atoms with Crippen LogP contribution in [0.4, 0.5) is 5.69 Å². The van der Waals surface area contributed by atoms with Crippen LogP contribution in [0.15, 0.2) is 77.7 Å². The van der Waals surface area contributed by atoms with Crippen LogP contribution in [0.5, 0.6) is 5.75 Å². The van der Waals surface area contributed by atoms with Crippen LogP contribution in [0, 0.1) is 13.8 Å². The summed E-state index contributed by atoms with van der Waals surface area (Å²) in [5.41, 5.74) is 1.80. The number of methoxy groups -OCH3 is 1. The number of carbonyl (C=O) groups is 2. The molecule has 1 heterocycles. The molecular formula is C28H31N3O5S. The molecule has 0 radical (unpaired) electrons. The van der Waals surface area contributed by atoms with E-state index in [0.717, 1.165) is 21.0 Å². The lowest BCUT2D eigenvalue weighted by molar-refractivity contribution is -0.133. The first kappa shape index (κ1) is 26.4. The largest absolute Gasteiger partial charge is 0.497 e. The third kappa shape index (κ3) is 5.10. The van der Waals surface area contributed by atoms with Crippen molar-refractivity contribution in [1.29, 1.82) is 0 Å². The normalized spacial score (nSPS) is 18.5. The average Bonchev–Trinajstić information content (AvgIpc) is 2.89. The molecule has 2 amide bonds. The highest BCUT2D eigenvalue weighted by Crippen LogP contribution is 2.35. The standard InChI is InChI=1S/C28H31N3O5S/c1-20-9-8-12-25(21(20)2)31-26(32)18-30(37(34,35)24-15-13-23(36-4)14-16-24)19-28(31,3)27(33)29-17-22-10-6-5-7-11-22/h5-16H,17-19H2,1-4H3,(H,29,33)/t28-/m1/s1. The van der Waals surface area contributed by atoms with Crippen LogP contribution in [-0.4, -0.2) is 50.3 Å². The van der Waals surface area contributed by atoms with Crippen LogP contribution in [0.3, 0.4) is 0 Å². The van der Waals surface area contributed by atoms with Crippen LogP contribution < -0.4 is 15.0 Å². The molecule has 3 aromatic carbocycles. The molecule has 9 heteroatoms. The Hall–Kier alpha value is -3.69. The summed E-state index contributed by atoms with van der Waals surface area (Å²) in [6.07, 6.45) is 0. The molecule has 0 spiro atoms. The zero-order valence-electron chi connectivity index (χ0n) is 21.4. The molecule has 1 saturated heterocycles. The van der Waals surface area contributed by atoms with Crippen LogP contribution in [-0.2, 0) is 26.2 Å². The number of piperazine rings is 1. The van der Waals surface area contributed by atoms with Gasteiger partial charge in [0.2, 0.25) is 21.8 Å². The fourth-order valence-corrected chi connectivity index (χ4v) is 6.03. The van der Waals surface area contributed by atoms with Gasteiger partial charge < -0.3 is 10.1 Å². The Morgan fingerprint density at radius 2 is 1.68 bits per heavy atom. The summed E-state index contributed by atoms with van der Waals surface area (Å²) in [5, 5.41) is 2.92. The molecule has 0 aromatic heterocycles. The maximum Gasteiger partial charge on any atom is 0.247 e. The van der Waals surface area contributed by atoms with Crippen molar-refractivity contribution in [3.63, 3.8) is 0 Å². The molecule has 0 aliphatic carbocycles. The van der Waals surface area contributed by atoms with E-state index >= 15 is 0 Å². The number of hydrogen-bond donors (Lipinski definition) is 1. The number of sulfonamides is 1. The zero-order valence-corrected chi connectivity index (χ0v) is 22.2. The summed E-state index contributed by atoms with van der Waals surface area (Å²) < 4.78 is 33.4. The van der Waals surface area contributed by atoms with E-state index in [1.54, 1.807) is 25.1 Å². The van der Waals surface area contributed by atoms with Crippen LogP contribution in [0.25, 0.3) is 0 Å². The lowest BCUT2D eigenvalue weighted by atomic mass is 9.93. The maximum absolute atomic E-state index is 13.8. The van der Waals surface area contributed by atoms with Gasteiger partial charge in [-0.3, -0.25) is 14.5 Å². The monoisotopic (exact) mass is 521 g/mol. The first-order valence-corrected chi connectivity index (χ1v) is 13.4. The minimum Gasteiger partial charge on any atom is -0.497 e. The van der Waals surface area contributed by atoms with Crippen molar-refractivity contribution in [1.82, 2.24) is 9.62 Å². The number of nitrogens with one attached hydrogen (secondary N) is 1. The second-order valence-electron chi connectivity index (χ2n) is 9.34. The maximum atomic E-state index is 13.8. The second-order valence-corrected chi connectivity index (χ2v) is 11.3. The number of amides is 2. The van der Waals surface area contributed by atoms with E-state index in [2.05, 4.69) is 5.32 Å². The van der Waals surface area contributed by atoms with Gasteiger partial charge in [-0.2, -0.15) is 4.31 Å². The molecule has 3 aromatic rings. The predicted octanol–water partition coefficient (Wildman–Crippen LogP) is 3.42. The zero-order chi connectivity index (χ0) is 26.8. The van der Waals surface area contributed by atoms with Crippen LogP contribution in [0.2, 0.25) is 0 Å². The second kappa shape index (κ2) is 10.4. The number of anilines is 1. The summed E-state index contributed by atoms with van der Waals surface area (Å²) in [6.45, 7) is 5.09. The molecule has 1 aliphatic rings. The summed E-state index contributed by atoms with van der Waals surface area (Å²) in [4.78, 5) is 28.9. The summed E-state index contributed by atoms with van der Waals surface area (Å²) in [5.74, 6) is -0.408. The van der Waals surface area contributed by atoms with Gasteiger partial charge in [0.25, 0.3) is 0 Å². The van der Waals surface area contributed by atoms with Gasteiger partial charge in [0.05, 0.1) is 18.6 Å². The number of nitrogens with zero attached hydrogens (tertiary/aromatic N) is 2. The Kier molecular flexibility index (Phi) is 7.38. The van der Waals surface area contributed by atoms with E-state index < -0.39 is 27.4 Å². The van der Waals surface area contributed by atoms with E-state index in [1.165, 1.54) is 24.1 Å². The highest BCUT2D eigenvalue weighted by Gasteiger charge is 2.51. The first-order valence-electron chi connectivity index (χ1n) is 11.9. The predicted molar refractivity (Wildman–Crippen MR) is 142 cm³/mol. The summed E-state index contributed by atoms with van der Waals surface area (Å²) in [7, 11) is -2.57. The Labute approximate surface area is 217 Å². The molecule has 37 heavy (non-hydrogen) atoms. The Morgan fingerprint density at radius 1 is 1.00 bits per heavy atom. The topological polar surface area (TPSA) is 96.0 Å². The minimum absolute atomic E-state index is 0.0216. The fraction of sp³-hybridized carbons (Fsp3) is 0.286. The van der Waals surface area contributed by atoms with E-state index in [9.17, 15) is 18.0 Å². The summed E-state index contributed by atoms with van der Waals surface area (Å²) >= 11 is 0. The molecule has 8 nitrogen and oxygen atoms in total. The number of ether oxygens (including phenoxy) is 1. The molecular weight excluding hydrogens is 490 g/mol. The molecule has 1 N–H and O–H groups in total. The van der Waals surface area contributed by atoms with Crippen molar-refractivity contribution in [3.05, 3.63) is 89.5 Å². The van der Waals surface area contributed by atoms with Gasteiger partial charge in [0.1, 0.15) is 11.3 Å². The molecule has 1 atom stereocenters. The van der Waals surface area contributed by atoms with Gasteiger partial charge in [0, 0.05) is 18.8 Å². The third-order valence-corrected chi connectivity index (χ3v) is 8.64. The Bertz CT molecular complexity index is 1410. The molecule has 194 valence electrons. The van der Waals surface area contributed by atoms with Crippen LogP contribution >= 0.6 is 0 Å². The van der Waals surface area contributed by atoms with Gasteiger partial charge in [-0.25, -0.2) is 8.42 Å². The van der Waals surface area contributed by atoms with Gasteiger partial charge in [-0.1, -0.05) is 42.5 Å². The van der Waals surface area contributed by atoms with Crippen molar-refractivity contribution in [2.24, 2.45) is 0 Å². The molecule has 4 rings (SSSR count). The highest BCUT2D eigenvalue weighted by atomic mass is 32.2.